The van der Waals surface area contributed by atoms with Crippen LogP contribution in [0.1, 0.15) is 11.3 Å². The van der Waals surface area contributed by atoms with Gasteiger partial charge in [0.25, 0.3) is 0 Å². The number of nitrogens with zero attached hydrogens (tertiary/aromatic N) is 3. The second-order valence-corrected chi connectivity index (χ2v) is 6.40. The van der Waals surface area contributed by atoms with Crippen LogP contribution in [0.2, 0.25) is 0 Å². The van der Waals surface area contributed by atoms with E-state index >= 15 is 0 Å². The number of H-pyrrole nitrogens is 1. The van der Waals surface area contributed by atoms with Crippen LogP contribution in [0.15, 0.2) is 48.5 Å². The third kappa shape index (κ3) is 4.12. The molecule has 0 radical (unpaired) electrons. The first kappa shape index (κ1) is 22.4. The molecule has 4 nitrogen and oxygen atoms in total. The van der Waals surface area contributed by atoms with Gasteiger partial charge < -0.3 is 4.98 Å². The van der Waals surface area contributed by atoms with E-state index in [4.69, 9.17) is 0 Å². The number of hydrogen-bond donors (Lipinski definition) is 1. The van der Waals surface area contributed by atoms with Gasteiger partial charge in [0.2, 0.25) is 0 Å². The van der Waals surface area contributed by atoms with Gasteiger partial charge in [-0.1, -0.05) is 24.3 Å². The summed E-state index contributed by atoms with van der Waals surface area (Å²) in [5, 5.41) is 3.44. The molecule has 2 aromatic carbocycles. The SMILES string of the molecule is Cn1nc(C(F)(F)F)cc1-c1nc2cc(-c3ccccc3C(F)(F)F)ccc2[nH]1.[NaH]. The molecule has 0 amide bonds. The number of alkyl halides is 6. The Morgan fingerprint density at radius 2 is 1.60 bits per heavy atom. The molecular weight excluding hydrogens is 421 g/mol. The molecule has 0 fully saturated rings. The molecule has 1 N–H and O–H groups in total. The molecule has 0 bridgehead atoms. The zero-order valence-electron chi connectivity index (χ0n) is 14.7. The van der Waals surface area contributed by atoms with Crippen molar-refractivity contribution >= 4 is 40.6 Å². The summed E-state index contributed by atoms with van der Waals surface area (Å²) in [5.74, 6) is 0.131. The van der Waals surface area contributed by atoms with Crippen molar-refractivity contribution < 1.29 is 26.3 Å². The van der Waals surface area contributed by atoms with Crippen molar-refractivity contribution in [2.45, 2.75) is 12.4 Å². The summed E-state index contributed by atoms with van der Waals surface area (Å²) < 4.78 is 79.6. The first-order valence-electron chi connectivity index (χ1n) is 8.32. The molecule has 30 heavy (non-hydrogen) atoms. The number of imidazole rings is 1. The van der Waals surface area contributed by atoms with E-state index in [1.165, 1.54) is 43.4 Å². The zero-order chi connectivity index (χ0) is 21.0. The van der Waals surface area contributed by atoms with Gasteiger partial charge in [-0.2, -0.15) is 31.4 Å². The Labute approximate surface area is 188 Å². The fourth-order valence-corrected chi connectivity index (χ4v) is 3.10. The van der Waals surface area contributed by atoms with Crippen molar-refractivity contribution in [2.24, 2.45) is 7.05 Å². The third-order valence-corrected chi connectivity index (χ3v) is 4.44. The van der Waals surface area contributed by atoms with Crippen LogP contribution < -0.4 is 0 Å². The van der Waals surface area contributed by atoms with Crippen LogP contribution in [0.25, 0.3) is 33.7 Å². The van der Waals surface area contributed by atoms with Gasteiger partial charge in [-0.3, -0.25) is 4.68 Å². The number of fused-ring (bicyclic) bond motifs is 1. The average Bonchev–Trinajstić information content (AvgIpc) is 3.23. The van der Waals surface area contributed by atoms with Crippen molar-refractivity contribution in [3.63, 3.8) is 0 Å². The Balaban J connectivity index is 0.00000256. The van der Waals surface area contributed by atoms with E-state index in [9.17, 15) is 26.3 Å². The molecule has 0 atom stereocenters. The van der Waals surface area contributed by atoms with E-state index in [0.717, 1.165) is 16.8 Å². The molecular formula is C19H13F6N4Na. The number of aromatic amines is 1. The Morgan fingerprint density at radius 1 is 0.900 bits per heavy atom. The standard InChI is InChI=1S/C19H12F6N4.Na.H/c1-29-15(9-16(28-29)19(23,24)25)17-26-13-7-6-10(8-14(13)27-17)11-4-2-3-5-12(11)18(20,21)22;;/h2-9H,1H3,(H,26,27);;. The summed E-state index contributed by atoms with van der Waals surface area (Å²) in [5.41, 5.74) is -0.652. The molecule has 0 aliphatic rings. The summed E-state index contributed by atoms with van der Waals surface area (Å²) in [6.07, 6.45) is -9.12. The molecule has 0 aliphatic carbocycles. The topological polar surface area (TPSA) is 46.5 Å². The van der Waals surface area contributed by atoms with Gasteiger partial charge in [-0.25, -0.2) is 4.98 Å². The van der Waals surface area contributed by atoms with Crippen molar-refractivity contribution in [2.75, 3.05) is 0 Å². The molecule has 11 heteroatoms. The van der Waals surface area contributed by atoms with E-state index in [2.05, 4.69) is 15.1 Å². The minimum atomic E-state index is -4.60. The van der Waals surface area contributed by atoms with Gasteiger partial charge in [-0.05, 0) is 35.4 Å². The van der Waals surface area contributed by atoms with Gasteiger partial charge >= 0.3 is 41.9 Å². The summed E-state index contributed by atoms with van der Waals surface area (Å²) in [7, 11) is 1.35. The first-order chi connectivity index (χ1) is 13.5. The molecule has 0 saturated heterocycles. The summed E-state index contributed by atoms with van der Waals surface area (Å²) in [4.78, 5) is 7.13. The minimum absolute atomic E-state index is 0. The van der Waals surface area contributed by atoms with Gasteiger partial charge in [0.1, 0.15) is 5.69 Å². The van der Waals surface area contributed by atoms with E-state index in [1.54, 1.807) is 0 Å². The molecule has 152 valence electrons. The normalized spacial score (nSPS) is 12.2. The first-order valence-corrected chi connectivity index (χ1v) is 8.32. The fourth-order valence-electron chi connectivity index (χ4n) is 3.10. The molecule has 0 saturated carbocycles. The van der Waals surface area contributed by atoms with Crippen LogP contribution in [0.3, 0.4) is 0 Å². The molecule has 4 aromatic rings. The van der Waals surface area contributed by atoms with Crippen LogP contribution in [-0.4, -0.2) is 49.3 Å². The van der Waals surface area contributed by atoms with Gasteiger partial charge in [0.15, 0.2) is 11.5 Å². The average molecular weight is 434 g/mol. The molecule has 2 heterocycles. The number of hydrogen-bond acceptors (Lipinski definition) is 2. The van der Waals surface area contributed by atoms with E-state index in [-0.39, 0.29) is 46.6 Å². The van der Waals surface area contributed by atoms with Gasteiger partial charge in [0.05, 0.1) is 16.6 Å². The van der Waals surface area contributed by atoms with Crippen molar-refractivity contribution in [1.29, 1.82) is 0 Å². The van der Waals surface area contributed by atoms with Crippen LogP contribution in [0, 0.1) is 0 Å². The van der Waals surface area contributed by atoms with Crippen molar-refractivity contribution in [3.05, 3.63) is 59.8 Å². The van der Waals surface area contributed by atoms with Crippen molar-refractivity contribution in [1.82, 2.24) is 19.7 Å². The summed E-state index contributed by atoms with van der Waals surface area (Å²) >= 11 is 0. The molecule has 0 spiro atoms. The summed E-state index contributed by atoms with van der Waals surface area (Å²) in [6, 6.07) is 10.5. The number of benzene rings is 2. The number of halogens is 6. The van der Waals surface area contributed by atoms with Crippen LogP contribution in [-0.2, 0) is 19.4 Å². The second-order valence-electron chi connectivity index (χ2n) is 6.40. The van der Waals surface area contributed by atoms with E-state index in [1.807, 2.05) is 0 Å². The maximum atomic E-state index is 13.3. The molecule has 2 aromatic heterocycles. The summed E-state index contributed by atoms with van der Waals surface area (Å²) in [6.45, 7) is 0. The van der Waals surface area contributed by atoms with Crippen LogP contribution in [0.5, 0.6) is 0 Å². The second kappa shape index (κ2) is 7.75. The van der Waals surface area contributed by atoms with Gasteiger partial charge in [0, 0.05) is 7.05 Å². The van der Waals surface area contributed by atoms with E-state index < -0.39 is 23.6 Å². The molecule has 4 rings (SSSR count). The Kier molecular flexibility index (Phi) is 5.78. The predicted octanol–water partition coefficient (Wildman–Crippen LogP) is 5.02. The molecule has 0 unspecified atom stereocenters. The predicted molar refractivity (Wildman–Crippen MR) is 101 cm³/mol. The third-order valence-electron chi connectivity index (χ3n) is 4.44. The van der Waals surface area contributed by atoms with Crippen LogP contribution >= 0.6 is 0 Å². The Bertz CT molecular complexity index is 1210. The van der Waals surface area contributed by atoms with E-state index in [0.29, 0.717) is 16.6 Å². The Hall–Kier alpha value is -2.30. The fraction of sp³-hybridized carbons (Fsp3) is 0.158. The number of nitrogens with one attached hydrogen (secondary N) is 1. The number of aromatic nitrogens is 4. The monoisotopic (exact) mass is 434 g/mol. The number of rotatable bonds is 2. The maximum absolute atomic E-state index is 13.3. The number of aryl methyl sites for hydroxylation is 1. The Morgan fingerprint density at radius 3 is 2.23 bits per heavy atom. The quantitative estimate of drug-likeness (QED) is 0.356. The molecule has 0 aliphatic heterocycles. The zero-order valence-corrected chi connectivity index (χ0v) is 14.7. The van der Waals surface area contributed by atoms with Crippen molar-refractivity contribution in [3.8, 4) is 22.6 Å². The van der Waals surface area contributed by atoms with Crippen LogP contribution in [0.4, 0.5) is 26.3 Å². The van der Waals surface area contributed by atoms with Gasteiger partial charge in [-0.15, -0.1) is 0 Å².